The molecule has 0 spiro atoms. The molecule has 0 radical (unpaired) electrons. The SMILES string of the molecule is COc1ccc(S(=O)(=O)CC(=O)Nc2nc3ccccc3s2)cc1. The molecule has 24 heavy (non-hydrogen) atoms. The Hall–Kier alpha value is -2.45. The largest absolute Gasteiger partial charge is 0.497 e. The second-order valence-corrected chi connectivity index (χ2v) is 7.99. The molecule has 1 amide bonds. The zero-order valence-electron chi connectivity index (χ0n) is 12.7. The molecule has 0 saturated heterocycles. The smallest absolute Gasteiger partial charge is 0.241 e. The van der Waals surface area contributed by atoms with Crippen molar-refractivity contribution in [3.05, 3.63) is 48.5 Å². The van der Waals surface area contributed by atoms with E-state index in [9.17, 15) is 13.2 Å². The Labute approximate surface area is 143 Å². The number of nitrogens with one attached hydrogen (secondary N) is 1. The fraction of sp³-hybridized carbons (Fsp3) is 0.125. The lowest BCUT2D eigenvalue weighted by Gasteiger charge is -2.05. The maximum atomic E-state index is 12.3. The first-order chi connectivity index (χ1) is 11.5. The number of hydrogen-bond acceptors (Lipinski definition) is 6. The minimum Gasteiger partial charge on any atom is -0.497 e. The van der Waals surface area contributed by atoms with E-state index in [4.69, 9.17) is 4.74 Å². The van der Waals surface area contributed by atoms with E-state index in [0.29, 0.717) is 10.9 Å². The molecule has 1 aromatic heterocycles. The number of hydrogen-bond donors (Lipinski definition) is 1. The van der Waals surface area contributed by atoms with Gasteiger partial charge in [0.2, 0.25) is 5.91 Å². The third kappa shape index (κ3) is 3.55. The number of benzene rings is 2. The first-order valence-corrected chi connectivity index (χ1v) is 9.47. The number of sulfone groups is 1. The van der Waals surface area contributed by atoms with Gasteiger partial charge in [-0.15, -0.1) is 0 Å². The molecule has 3 rings (SSSR count). The molecule has 0 unspecified atom stereocenters. The molecule has 2 aromatic carbocycles. The monoisotopic (exact) mass is 362 g/mol. The summed E-state index contributed by atoms with van der Waals surface area (Å²) in [4.78, 5) is 16.4. The van der Waals surface area contributed by atoms with Gasteiger partial charge < -0.3 is 10.1 Å². The summed E-state index contributed by atoms with van der Waals surface area (Å²) in [7, 11) is -2.23. The van der Waals surface area contributed by atoms with Crippen molar-refractivity contribution in [1.29, 1.82) is 0 Å². The fourth-order valence-electron chi connectivity index (χ4n) is 2.12. The highest BCUT2D eigenvalue weighted by atomic mass is 32.2. The van der Waals surface area contributed by atoms with Crippen LogP contribution in [-0.4, -0.2) is 32.2 Å². The molecule has 8 heteroatoms. The molecule has 1 N–H and O–H groups in total. The zero-order valence-corrected chi connectivity index (χ0v) is 14.4. The van der Waals surface area contributed by atoms with E-state index in [1.165, 1.54) is 30.6 Å². The number of thiazole rings is 1. The molecule has 0 aliphatic carbocycles. The maximum absolute atomic E-state index is 12.3. The number of amides is 1. The van der Waals surface area contributed by atoms with Crippen LogP contribution in [0.15, 0.2) is 53.4 Å². The molecule has 0 aliphatic rings. The summed E-state index contributed by atoms with van der Waals surface area (Å²) in [5.41, 5.74) is 0.760. The summed E-state index contributed by atoms with van der Waals surface area (Å²) in [6, 6.07) is 13.4. The third-order valence-corrected chi connectivity index (χ3v) is 5.86. The lowest BCUT2D eigenvalue weighted by Crippen LogP contribution is -2.22. The second kappa shape index (κ2) is 6.58. The number of methoxy groups -OCH3 is 1. The first-order valence-electron chi connectivity index (χ1n) is 7.00. The Balaban J connectivity index is 1.72. The van der Waals surface area contributed by atoms with Crippen LogP contribution in [0.25, 0.3) is 10.2 Å². The Bertz CT molecular complexity index is 946. The van der Waals surface area contributed by atoms with Crippen LogP contribution >= 0.6 is 11.3 Å². The molecular weight excluding hydrogens is 348 g/mol. The van der Waals surface area contributed by atoms with Crippen molar-refractivity contribution < 1.29 is 17.9 Å². The van der Waals surface area contributed by atoms with Crippen molar-refractivity contribution in [1.82, 2.24) is 4.98 Å². The normalized spacial score (nSPS) is 11.4. The van der Waals surface area contributed by atoms with Gasteiger partial charge in [0.1, 0.15) is 11.5 Å². The number of anilines is 1. The summed E-state index contributed by atoms with van der Waals surface area (Å²) in [5, 5.41) is 2.93. The van der Waals surface area contributed by atoms with E-state index < -0.39 is 21.5 Å². The Kier molecular flexibility index (Phi) is 4.50. The molecule has 3 aromatic rings. The van der Waals surface area contributed by atoms with Crippen molar-refractivity contribution in [2.45, 2.75) is 4.90 Å². The van der Waals surface area contributed by atoms with Gasteiger partial charge in [0, 0.05) is 0 Å². The van der Waals surface area contributed by atoms with Gasteiger partial charge in [-0.25, -0.2) is 13.4 Å². The number of carbonyl (C=O) groups is 1. The van der Waals surface area contributed by atoms with Gasteiger partial charge in [0.25, 0.3) is 0 Å². The highest BCUT2D eigenvalue weighted by molar-refractivity contribution is 7.92. The van der Waals surface area contributed by atoms with Gasteiger partial charge in [-0.2, -0.15) is 0 Å². The number of carbonyl (C=O) groups excluding carboxylic acids is 1. The molecule has 0 atom stereocenters. The minimum atomic E-state index is -3.73. The molecule has 0 fully saturated rings. The van der Waals surface area contributed by atoms with Gasteiger partial charge in [0.15, 0.2) is 15.0 Å². The lowest BCUT2D eigenvalue weighted by atomic mass is 10.3. The Morgan fingerprint density at radius 1 is 1.17 bits per heavy atom. The Morgan fingerprint density at radius 3 is 2.54 bits per heavy atom. The number of fused-ring (bicyclic) bond motifs is 1. The molecular formula is C16H14N2O4S2. The van der Waals surface area contributed by atoms with Gasteiger partial charge >= 0.3 is 0 Å². The molecule has 124 valence electrons. The van der Waals surface area contributed by atoms with Crippen LogP contribution in [0.1, 0.15) is 0 Å². The van der Waals surface area contributed by atoms with Gasteiger partial charge in [-0.3, -0.25) is 4.79 Å². The predicted molar refractivity (Wildman–Crippen MR) is 93.3 cm³/mol. The fourth-order valence-corrected chi connectivity index (χ4v) is 4.14. The molecule has 0 bridgehead atoms. The Morgan fingerprint density at radius 2 is 1.88 bits per heavy atom. The van der Waals surface area contributed by atoms with E-state index in [2.05, 4.69) is 10.3 Å². The average Bonchev–Trinajstić information content (AvgIpc) is 2.96. The number of nitrogens with zero attached hydrogens (tertiary/aromatic N) is 1. The lowest BCUT2D eigenvalue weighted by molar-refractivity contribution is -0.113. The maximum Gasteiger partial charge on any atom is 0.241 e. The quantitative estimate of drug-likeness (QED) is 0.754. The minimum absolute atomic E-state index is 0.0720. The van der Waals surface area contributed by atoms with Crippen molar-refractivity contribution in [2.24, 2.45) is 0 Å². The van der Waals surface area contributed by atoms with E-state index in [1.807, 2.05) is 24.3 Å². The summed E-state index contributed by atoms with van der Waals surface area (Å²) in [5.74, 6) is -0.715. The van der Waals surface area contributed by atoms with Crippen molar-refractivity contribution in [3.63, 3.8) is 0 Å². The predicted octanol–water partition coefficient (Wildman–Crippen LogP) is 2.72. The van der Waals surface area contributed by atoms with Crippen LogP contribution in [0.3, 0.4) is 0 Å². The average molecular weight is 362 g/mol. The van der Waals surface area contributed by atoms with Gasteiger partial charge in [0.05, 0.1) is 22.2 Å². The number of rotatable bonds is 5. The number of ether oxygens (including phenoxy) is 1. The van der Waals surface area contributed by atoms with Gasteiger partial charge in [-0.05, 0) is 36.4 Å². The molecule has 1 heterocycles. The van der Waals surface area contributed by atoms with Crippen LogP contribution in [0.5, 0.6) is 5.75 Å². The van der Waals surface area contributed by atoms with Gasteiger partial charge in [-0.1, -0.05) is 23.5 Å². The zero-order chi connectivity index (χ0) is 17.2. The molecule has 0 saturated carbocycles. The third-order valence-electron chi connectivity index (χ3n) is 3.28. The van der Waals surface area contributed by atoms with Crippen LogP contribution in [-0.2, 0) is 14.6 Å². The van der Waals surface area contributed by atoms with E-state index in [1.54, 1.807) is 12.1 Å². The van der Waals surface area contributed by atoms with Crippen molar-refractivity contribution >= 4 is 42.4 Å². The number of aromatic nitrogens is 1. The first kappa shape index (κ1) is 16.4. The van der Waals surface area contributed by atoms with Crippen LogP contribution in [0, 0.1) is 0 Å². The summed E-state index contributed by atoms with van der Waals surface area (Å²) in [6.07, 6.45) is 0. The van der Waals surface area contributed by atoms with Crippen LogP contribution in [0.2, 0.25) is 0 Å². The van der Waals surface area contributed by atoms with E-state index in [-0.39, 0.29) is 4.90 Å². The van der Waals surface area contributed by atoms with Crippen molar-refractivity contribution in [3.8, 4) is 5.75 Å². The van der Waals surface area contributed by atoms with E-state index in [0.717, 1.165) is 10.2 Å². The van der Waals surface area contributed by atoms with Crippen molar-refractivity contribution in [2.75, 3.05) is 18.2 Å². The topological polar surface area (TPSA) is 85.4 Å². The van der Waals surface area contributed by atoms with E-state index >= 15 is 0 Å². The van der Waals surface area contributed by atoms with Crippen LogP contribution in [0.4, 0.5) is 5.13 Å². The summed E-state index contributed by atoms with van der Waals surface area (Å²) < 4.78 is 30.5. The number of para-hydroxylation sites is 1. The standard InChI is InChI=1S/C16H14N2O4S2/c1-22-11-6-8-12(9-7-11)24(20,21)10-15(19)18-16-17-13-4-2-3-5-14(13)23-16/h2-9H,10H2,1H3,(H,17,18,19). The highest BCUT2D eigenvalue weighted by Crippen LogP contribution is 2.25. The summed E-state index contributed by atoms with van der Waals surface area (Å²) in [6.45, 7) is 0. The molecule has 6 nitrogen and oxygen atoms in total. The molecule has 0 aliphatic heterocycles. The summed E-state index contributed by atoms with van der Waals surface area (Å²) >= 11 is 1.30. The highest BCUT2D eigenvalue weighted by Gasteiger charge is 2.20. The second-order valence-electron chi connectivity index (χ2n) is 4.97. The van der Waals surface area contributed by atoms with Crippen LogP contribution < -0.4 is 10.1 Å².